The van der Waals surface area contributed by atoms with Gasteiger partial charge in [-0.05, 0) is 43.7 Å². The van der Waals surface area contributed by atoms with E-state index in [1.54, 1.807) is 7.11 Å². The second-order valence-corrected chi connectivity index (χ2v) is 7.17. The van der Waals surface area contributed by atoms with E-state index in [0.717, 1.165) is 50.9 Å². The molecular formula is C18H30IN3O2S. The SMILES string of the molecule is CCNC(=NCc1ccc(OC)cc1)NCC1(SC)CCOCC1.I. The molecule has 1 fully saturated rings. The van der Waals surface area contributed by atoms with E-state index in [4.69, 9.17) is 14.5 Å². The lowest BCUT2D eigenvalue weighted by atomic mass is 9.99. The Morgan fingerprint density at radius 2 is 1.92 bits per heavy atom. The fourth-order valence-electron chi connectivity index (χ4n) is 2.68. The van der Waals surface area contributed by atoms with Crippen LogP contribution in [0.25, 0.3) is 0 Å². The largest absolute Gasteiger partial charge is 0.497 e. The highest BCUT2D eigenvalue weighted by Gasteiger charge is 2.31. The fourth-order valence-corrected chi connectivity index (χ4v) is 3.48. The van der Waals surface area contributed by atoms with Gasteiger partial charge in [-0.25, -0.2) is 4.99 Å². The summed E-state index contributed by atoms with van der Waals surface area (Å²) in [7, 11) is 1.68. The molecule has 1 aliphatic rings. The minimum Gasteiger partial charge on any atom is -0.497 e. The first-order valence-corrected chi connectivity index (χ1v) is 9.72. The van der Waals surface area contributed by atoms with Gasteiger partial charge in [0.25, 0.3) is 0 Å². The molecule has 0 atom stereocenters. The van der Waals surface area contributed by atoms with Crippen molar-refractivity contribution in [2.45, 2.75) is 31.1 Å². The van der Waals surface area contributed by atoms with Gasteiger partial charge in [0, 0.05) is 31.1 Å². The molecule has 25 heavy (non-hydrogen) atoms. The second kappa shape index (κ2) is 11.9. The van der Waals surface area contributed by atoms with Gasteiger partial charge in [0.15, 0.2) is 5.96 Å². The molecule has 1 heterocycles. The molecule has 0 radical (unpaired) electrons. The van der Waals surface area contributed by atoms with E-state index in [0.29, 0.717) is 6.54 Å². The van der Waals surface area contributed by atoms with Crippen LogP contribution in [0.15, 0.2) is 29.3 Å². The first-order chi connectivity index (χ1) is 11.7. The van der Waals surface area contributed by atoms with Crippen molar-refractivity contribution in [3.05, 3.63) is 29.8 Å². The van der Waals surface area contributed by atoms with E-state index in [9.17, 15) is 0 Å². The van der Waals surface area contributed by atoms with E-state index in [-0.39, 0.29) is 28.7 Å². The molecule has 1 aromatic carbocycles. The quantitative estimate of drug-likeness (QED) is 0.357. The Hall–Kier alpha value is -0.670. The number of ether oxygens (including phenoxy) is 2. The van der Waals surface area contributed by atoms with Crippen molar-refractivity contribution in [2.24, 2.45) is 4.99 Å². The van der Waals surface area contributed by atoms with Crippen LogP contribution >= 0.6 is 35.7 Å². The minimum absolute atomic E-state index is 0. The predicted octanol–water partition coefficient (Wildman–Crippen LogP) is 3.28. The van der Waals surface area contributed by atoms with Crippen molar-refractivity contribution in [2.75, 3.05) is 39.7 Å². The number of guanidine groups is 1. The van der Waals surface area contributed by atoms with Crippen LogP contribution in [0.5, 0.6) is 5.75 Å². The van der Waals surface area contributed by atoms with Gasteiger partial charge in [-0.15, -0.1) is 24.0 Å². The zero-order valence-electron chi connectivity index (χ0n) is 15.3. The van der Waals surface area contributed by atoms with Crippen molar-refractivity contribution >= 4 is 41.7 Å². The van der Waals surface area contributed by atoms with E-state index in [1.165, 1.54) is 5.56 Å². The van der Waals surface area contributed by atoms with E-state index in [1.807, 2.05) is 36.0 Å². The molecule has 2 N–H and O–H groups in total. The van der Waals surface area contributed by atoms with Crippen molar-refractivity contribution < 1.29 is 9.47 Å². The monoisotopic (exact) mass is 479 g/mol. The van der Waals surface area contributed by atoms with Crippen LogP contribution in [0, 0.1) is 0 Å². The van der Waals surface area contributed by atoms with Gasteiger partial charge in [0.05, 0.1) is 13.7 Å². The van der Waals surface area contributed by atoms with Gasteiger partial charge in [-0.1, -0.05) is 12.1 Å². The van der Waals surface area contributed by atoms with Crippen LogP contribution in [0.1, 0.15) is 25.3 Å². The van der Waals surface area contributed by atoms with Crippen molar-refractivity contribution in [3.8, 4) is 5.75 Å². The standard InChI is InChI=1S/C18H29N3O2S.HI/c1-4-19-17(20-13-15-5-7-16(22-2)8-6-15)21-14-18(24-3)9-11-23-12-10-18;/h5-8H,4,9-14H2,1-3H3,(H2,19,20,21);1H. The number of halogens is 1. The molecular weight excluding hydrogens is 449 g/mol. The summed E-state index contributed by atoms with van der Waals surface area (Å²) in [4.78, 5) is 4.70. The van der Waals surface area contributed by atoms with Gasteiger partial charge in [0.2, 0.25) is 0 Å². The average molecular weight is 479 g/mol. The molecule has 1 aromatic rings. The Bertz CT molecular complexity index is 520. The molecule has 0 spiro atoms. The molecule has 0 bridgehead atoms. The molecule has 1 saturated heterocycles. The Morgan fingerprint density at radius 1 is 1.24 bits per heavy atom. The highest BCUT2D eigenvalue weighted by molar-refractivity contribution is 14.0. The van der Waals surface area contributed by atoms with E-state index < -0.39 is 0 Å². The summed E-state index contributed by atoms with van der Waals surface area (Å²) < 4.78 is 10.9. The molecule has 0 aromatic heterocycles. The zero-order chi connectivity index (χ0) is 17.3. The summed E-state index contributed by atoms with van der Waals surface area (Å²) in [5, 5.41) is 6.84. The topological polar surface area (TPSA) is 54.9 Å². The third kappa shape index (κ3) is 7.22. The van der Waals surface area contributed by atoms with Crippen molar-refractivity contribution in [1.82, 2.24) is 10.6 Å². The Morgan fingerprint density at radius 3 is 2.48 bits per heavy atom. The molecule has 0 saturated carbocycles. The van der Waals surface area contributed by atoms with Gasteiger partial charge in [0.1, 0.15) is 5.75 Å². The first-order valence-electron chi connectivity index (χ1n) is 8.49. The number of methoxy groups -OCH3 is 1. The van der Waals surface area contributed by atoms with Gasteiger partial charge < -0.3 is 20.1 Å². The number of nitrogens with zero attached hydrogens (tertiary/aromatic N) is 1. The van der Waals surface area contributed by atoms with Crippen LogP contribution in [-0.4, -0.2) is 50.4 Å². The van der Waals surface area contributed by atoms with E-state index >= 15 is 0 Å². The summed E-state index contributed by atoms with van der Waals surface area (Å²) in [6.07, 6.45) is 4.35. The minimum atomic E-state index is 0. The fraction of sp³-hybridized carbons (Fsp3) is 0.611. The maximum absolute atomic E-state index is 5.51. The number of thioether (sulfide) groups is 1. The number of hydrogen-bond donors (Lipinski definition) is 2. The van der Waals surface area contributed by atoms with Gasteiger partial charge in [-0.2, -0.15) is 11.8 Å². The lowest BCUT2D eigenvalue weighted by Crippen LogP contribution is -2.47. The van der Waals surface area contributed by atoms with Crippen LogP contribution in [0.4, 0.5) is 0 Å². The average Bonchev–Trinajstić information content (AvgIpc) is 2.65. The van der Waals surface area contributed by atoms with Gasteiger partial charge >= 0.3 is 0 Å². The number of rotatable bonds is 7. The van der Waals surface area contributed by atoms with Crippen LogP contribution in [0.3, 0.4) is 0 Å². The normalized spacial score (nSPS) is 16.7. The number of nitrogens with one attached hydrogen (secondary N) is 2. The zero-order valence-corrected chi connectivity index (χ0v) is 18.5. The molecule has 5 nitrogen and oxygen atoms in total. The van der Waals surface area contributed by atoms with Crippen LogP contribution in [0.2, 0.25) is 0 Å². The molecule has 7 heteroatoms. The first kappa shape index (κ1) is 22.4. The van der Waals surface area contributed by atoms with Crippen molar-refractivity contribution in [1.29, 1.82) is 0 Å². The maximum Gasteiger partial charge on any atom is 0.191 e. The molecule has 2 rings (SSSR count). The third-order valence-electron chi connectivity index (χ3n) is 4.34. The van der Waals surface area contributed by atoms with Crippen LogP contribution in [-0.2, 0) is 11.3 Å². The molecule has 0 amide bonds. The Labute approximate surface area is 172 Å². The van der Waals surface area contributed by atoms with Crippen molar-refractivity contribution in [3.63, 3.8) is 0 Å². The third-order valence-corrected chi connectivity index (χ3v) is 5.76. The molecule has 0 aliphatic carbocycles. The number of hydrogen-bond acceptors (Lipinski definition) is 4. The van der Waals surface area contributed by atoms with E-state index in [2.05, 4.69) is 23.8 Å². The number of aliphatic imine (C=N–C) groups is 1. The summed E-state index contributed by atoms with van der Waals surface area (Å²) >= 11 is 1.93. The Balaban J connectivity index is 0.00000312. The highest BCUT2D eigenvalue weighted by Crippen LogP contribution is 2.32. The summed E-state index contributed by atoms with van der Waals surface area (Å²) in [6.45, 7) is 6.19. The lowest BCUT2D eigenvalue weighted by Gasteiger charge is -2.36. The summed E-state index contributed by atoms with van der Waals surface area (Å²) in [5.74, 6) is 1.74. The molecule has 0 unspecified atom stereocenters. The summed E-state index contributed by atoms with van der Waals surface area (Å²) in [5.41, 5.74) is 1.17. The Kier molecular flexibility index (Phi) is 10.6. The second-order valence-electron chi connectivity index (χ2n) is 5.90. The lowest BCUT2D eigenvalue weighted by molar-refractivity contribution is 0.0783. The van der Waals surface area contributed by atoms with Crippen LogP contribution < -0.4 is 15.4 Å². The molecule has 142 valence electrons. The smallest absolute Gasteiger partial charge is 0.191 e. The maximum atomic E-state index is 5.51. The number of benzene rings is 1. The molecule has 1 aliphatic heterocycles. The van der Waals surface area contributed by atoms with Gasteiger partial charge in [-0.3, -0.25) is 0 Å². The predicted molar refractivity (Wildman–Crippen MR) is 118 cm³/mol. The summed E-state index contributed by atoms with van der Waals surface area (Å²) in [6, 6.07) is 8.04. The highest BCUT2D eigenvalue weighted by atomic mass is 127.